The first-order valence-corrected chi connectivity index (χ1v) is 9.43. The van der Waals surface area contributed by atoms with E-state index in [1.165, 1.54) is 60.8 Å². The molecule has 0 bridgehead atoms. The van der Waals surface area contributed by atoms with Crippen LogP contribution in [-0.4, -0.2) is 18.8 Å². The smallest absolute Gasteiger partial charge is 0.0319 e. The Kier molecular flexibility index (Phi) is 10.4. The number of hydrogen-bond acceptors (Lipinski definition) is 2. The Hall–Kier alpha value is -1.38. The Balaban J connectivity index is 0.00000139. The largest absolute Gasteiger partial charge is 0.400 e. The van der Waals surface area contributed by atoms with Crippen LogP contribution >= 0.6 is 0 Å². The van der Waals surface area contributed by atoms with Crippen molar-refractivity contribution in [1.82, 2.24) is 0 Å². The third-order valence-corrected chi connectivity index (χ3v) is 4.64. The molecule has 0 spiro atoms. The van der Waals surface area contributed by atoms with Crippen LogP contribution in [0.1, 0.15) is 75.0 Å². The first-order chi connectivity index (χ1) is 11.8. The molecule has 1 aliphatic rings. The molecule has 0 heterocycles. The molecule has 0 saturated heterocycles. The standard InChI is InChI=1S/C21H31N.CH4O/c1-3-5-6-7-9-17-10-11-19-15-20(13-12-18(19)14-17)21(16-22)8-4-2;1-2/h7,9,12-15,21H,3-6,8,10-11,16,22H2,1-2H3;2H,1H3/b9-7+;. The molecule has 1 atom stereocenters. The van der Waals surface area contributed by atoms with Crippen molar-refractivity contribution in [3.8, 4) is 0 Å². The number of aliphatic hydroxyl groups is 1. The third kappa shape index (κ3) is 6.26. The van der Waals surface area contributed by atoms with E-state index in [2.05, 4.69) is 50.3 Å². The van der Waals surface area contributed by atoms with Crippen LogP contribution in [-0.2, 0) is 6.42 Å². The SMILES string of the molecule is CCCC/C=C/C1=Cc2ccc(C(CN)CCC)cc2CC1.CO. The average Bonchev–Trinajstić information content (AvgIpc) is 2.64. The topological polar surface area (TPSA) is 46.2 Å². The fourth-order valence-corrected chi connectivity index (χ4v) is 3.25. The van der Waals surface area contributed by atoms with E-state index in [4.69, 9.17) is 10.8 Å². The third-order valence-electron chi connectivity index (χ3n) is 4.64. The van der Waals surface area contributed by atoms with Crippen molar-refractivity contribution >= 4 is 6.08 Å². The van der Waals surface area contributed by atoms with Gasteiger partial charge in [-0.25, -0.2) is 0 Å². The van der Waals surface area contributed by atoms with Crippen molar-refractivity contribution in [3.05, 3.63) is 52.6 Å². The number of aliphatic hydroxyl groups excluding tert-OH is 1. The van der Waals surface area contributed by atoms with E-state index in [1.807, 2.05) is 0 Å². The van der Waals surface area contributed by atoms with Gasteiger partial charge in [0.1, 0.15) is 0 Å². The van der Waals surface area contributed by atoms with E-state index < -0.39 is 0 Å². The van der Waals surface area contributed by atoms with Crippen LogP contribution in [0, 0.1) is 0 Å². The average molecular weight is 330 g/mol. The highest BCUT2D eigenvalue weighted by atomic mass is 16.2. The molecule has 3 N–H and O–H groups in total. The Morgan fingerprint density at radius 1 is 1.17 bits per heavy atom. The second-order valence-corrected chi connectivity index (χ2v) is 6.44. The number of nitrogens with two attached hydrogens (primary N) is 1. The molecule has 2 nitrogen and oxygen atoms in total. The number of rotatable bonds is 8. The number of benzene rings is 1. The summed E-state index contributed by atoms with van der Waals surface area (Å²) < 4.78 is 0. The Bertz CT molecular complexity index is 531. The lowest BCUT2D eigenvalue weighted by Crippen LogP contribution is -2.13. The van der Waals surface area contributed by atoms with Gasteiger partial charge in [-0.3, -0.25) is 0 Å². The Labute approximate surface area is 148 Å². The van der Waals surface area contributed by atoms with Gasteiger partial charge in [0.2, 0.25) is 0 Å². The summed E-state index contributed by atoms with van der Waals surface area (Å²) in [6.07, 6.45) is 15.5. The summed E-state index contributed by atoms with van der Waals surface area (Å²) in [6.45, 7) is 5.24. The minimum Gasteiger partial charge on any atom is -0.400 e. The molecule has 0 fully saturated rings. The quantitative estimate of drug-likeness (QED) is 0.643. The zero-order valence-corrected chi connectivity index (χ0v) is 15.7. The van der Waals surface area contributed by atoms with Crippen LogP contribution in [0.4, 0.5) is 0 Å². The number of hydrogen-bond donors (Lipinski definition) is 2. The summed E-state index contributed by atoms with van der Waals surface area (Å²) in [5.74, 6) is 0.523. The zero-order valence-electron chi connectivity index (χ0n) is 15.7. The van der Waals surface area contributed by atoms with Crippen LogP contribution in [0.25, 0.3) is 6.08 Å². The molecule has 0 aliphatic heterocycles. The van der Waals surface area contributed by atoms with Crippen LogP contribution in [0.15, 0.2) is 35.9 Å². The Morgan fingerprint density at radius 2 is 1.96 bits per heavy atom. The predicted molar refractivity (Wildman–Crippen MR) is 106 cm³/mol. The second-order valence-electron chi connectivity index (χ2n) is 6.44. The number of unbranched alkanes of at least 4 members (excludes halogenated alkanes) is 2. The molecule has 1 aromatic carbocycles. The van der Waals surface area contributed by atoms with E-state index in [0.29, 0.717) is 5.92 Å². The number of aryl methyl sites for hydroxylation is 1. The van der Waals surface area contributed by atoms with E-state index in [-0.39, 0.29) is 0 Å². The summed E-state index contributed by atoms with van der Waals surface area (Å²) in [7, 11) is 1.00. The molecular weight excluding hydrogens is 294 g/mol. The number of fused-ring (bicyclic) bond motifs is 1. The molecule has 24 heavy (non-hydrogen) atoms. The van der Waals surface area contributed by atoms with Crippen molar-refractivity contribution in [2.45, 2.75) is 64.7 Å². The monoisotopic (exact) mass is 329 g/mol. The molecule has 0 radical (unpaired) electrons. The highest BCUT2D eigenvalue weighted by Gasteiger charge is 2.13. The van der Waals surface area contributed by atoms with Gasteiger partial charge in [-0.05, 0) is 60.4 Å². The van der Waals surface area contributed by atoms with Gasteiger partial charge in [0.15, 0.2) is 0 Å². The summed E-state index contributed by atoms with van der Waals surface area (Å²) in [4.78, 5) is 0. The molecular formula is C22H35NO. The summed E-state index contributed by atoms with van der Waals surface area (Å²) in [5, 5.41) is 7.00. The second kappa shape index (κ2) is 12.0. The van der Waals surface area contributed by atoms with Crippen molar-refractivity contribution < 1.29 is 5.11 Å². The van der Waals surface area contributed by atoms with Crippen LogP contribution in [0.2, 0.25) is 0 Å². The van der Waals surface area contributed by atoms with Gasteiger partial charge in [0.05, 0.1) is 0 Å². The lowest BCUT2D eigenvalue weighted by atomic mass is 9.86. The molecule has 134 valence electrons. The maximum atomic E-state index is 7.00. The van der Waals surface area contributed by atoms with E-state index in [1.54, 1.807) is 0 Å². The van der Waals surface area contributed by atoms with Gasteiger partial charge in [-0.2, -0.15) is 0 Å². The normalized spacial score (nSPS) is 14.6. The van der Waals surface area contributed by atoms with Crippen LogP contribution in [0.5, 0.6) is 0 Å². The van der Waals surface area contributed by atoms with Gasteiger partial charge in [0, 0.05) is 7.11 Å². The van der Waals surface area contributed by atoms with Crippen LogP contribution in [0.3, 0.4) is 0 Å². The first-order valence-electron chi connectivity index (χ1n) is 9.43. The maximum absolute atomic E-state index is 7.00. The highest BCUT2D eigenvalue weighted by molar-refractivity contribution is 5.62. The molecule has 0 saturated carbocycles. The molecule has 2 rings (SSSR count). The molecule has 0 aromatic heterocycles. The van der Waals surface area contributed by atoms with E-state index in [0.717, 1.165) is 20.1 Å². The summed E-state index contributed by atoms with van der Waals surface area (Å²) in [6, 6.07) is 6.98. The first kappa shape index (κ1) is 20.7. The zero-order chi connectivity index (χ0) is 17.8. The lowest BCUT2D eigenvalue weighted by Gasteiger charge is -2.19. The van der Waals surface area contributed by atoms with Crippen molar-refractivity contribution in [2.75, 3.05) is 13.7 Å². The van der Waals surface area contributed by atoms with E-state index >= 15 is 0 Å². The minimum atomic E-state index is 0.523. The van der Waals surface area contributed by atoms with Gasteiger partial charge in [-0.1, -0.05) is 69.5 Å². The molecule has 2 heteroatoms. The van der Waals surface area contributed by atoms with E-state index in [9.17, 15) is 0 Å². The summed E-state index contributed by atoms with van der Waals surface area (Å²) >= 11 is 0. The van der Waals surface area contributed by atoms with Gasteiger partial charge in [-0.15, -0.1) is 0 Å². The molecule has 0 amide bonds. The van der Waals surface area contributed by atoms with Crippen molar-refractivity contribution in [2.24, 2.45) is 5.73 Å². The fourth-order valence-electron chi connectivity index (χ4n) is 3.25. The van der Waals surface area contributed by atoms with Crippen molar-refractivity contribution in [1.29, 1.82) is 0 Å². The lowest BCUT2D eigenvalue weighted by molar-refractivity contribution is 0.399. The highest BCUT2D eigenvalue weighted by Crippen LogP contribution is 2.29. The maximum Gasteiger partial charge on any atom is 0.0319 e. The Morgan fingerprint density at radius 3 is 2.62 bits per heavy atom. The van der Waals surface area contributed by atoms with Gasteiger partial charge < -0.3 is 10.8 Å². The predicted octanol–water partition coefficient (Wildman–Crippen LogP) is 5.21. The van der Waals surface area contributed by atoms with Gasteiger partial charge in [0.25, 0.3) is 0 Å². The van der Waals surface area contributed by atoms with Crippen LogP contribution < -0.4 is 5.73 Å². The molecule has 1 aromatic rings. The molecule has 1 aliphatic carbocycles. The minimum absolute atomic E-state index is 0.523. The van der Waals surface area contributed by atoms with Gasteiger partial charge >= 0.3 is 0 Å². The van der Waals surface area contributed by atoms with Crippen molar-refractivity contribution in [3.63, 3.8) is 0 Å². The summed E-state index contributed by atoms with van der Waals surface area (Å²) in [5.41, 5.74) is 11.7. The fraction of sp³-hybridized carbons (Fsp3) is 0.545. The molecule has 1 unspecified atom stereocenters. The number of allylic oxidation sites excluding steroid dienone is 3.